The number of carbonyl (C=O) groups excluding carboxylic acids is 2. The number of carbonyl (C=O) groups is 2. The summed E-state index contributed by atoms with van der Waals surface area (Å²) in [5, 5.41) is 1.31. The third kappa shape index (κ3) is 3.43. The van der Waals surface area contributed by atoms with Crippen molar-refractivity contribution >= 4 is 22.7 Å². The molecule has 0 atom stereocenters. The van der Waals surface area contributed by atoms with Crippen molar-refractivity contribution in [3.8, 4) is 11.5 Å². The molecule has 0 aliphatic heterocycles. The summed E-state index contributed by atoms with van der Waals surface area (Å²) in [6, 6.07) is 22.3. The standard InChI is InChI=1S/C22H14O5/c23-21(16-7-2-1-3-8-16)26-17-11-4-9-15-10-5-12-18(20(15)17)27-22(24)19-13-6-14-25-19/h1-14H. The molecule has 0 aliphatic carbocycles. The van der Waals surface area contributed by atoms with E-state index in [-0.39, 0.29) is 11.5 Å². The van der Waals surface area contributed by atoms with E-state index in [1.807, 2.05) is 18.2 Å². The molecule has 0 radical (unpaired) electrons. The highest BCUT2D eigenvalue weighted by molar-refractivity contribution is 6.00. The number of hydrogen-bond donors (Lipinski definition) is 0. The highest BCUT2D eigenvalue weighted by Gasteiger charge is 2.17. The normalized spacial score (nSPS) is 10.5. The Morgan fingerprint density at radius 2 is 1.33 bits per heavy atom. The average Bonchev–Trinajstić information content (AvgIpc) is 3.24. The molecule has 1 heterocycles. The van der Waals surface area contributed by atoms with E-state index in [9.17, 15) is 9.59 Å². The number of hydrogen-bond acceptors (Lipinski definition) is 5. The smallest absolute Gasteiger partial charge is 0.379 e. The Morgan fingerprint density at radius 3 is 1.96 bits per heavy atom. The average molecular weight is 358 g/mol. The number of fused-ring (bicyclic) bond motifs is 1. The molecule has 1 aromatic heterocycles. The lowest BCUT2D eigenvalue weighted by Gasteiger charge is -2.11. The van der Waals surface area contributed by atoms with Crippen molar-refractivity contribution in [1.29, 1.82) is 0 Å². The highest BCUT2D eigenvalue weighted by atomic mass is 16.6. The lowest BCUT2D eigenvalue weighted by Crippen LogP contribution is -2.10. The van der Waals surface area contributed by atoms with E-state index >= 15 is 0 Å². The van der Waals surface area contributed by atoms with Gasteiger partial charge >= 0.3 is 11.9 Å². The highest BCUT2D eigenvalue weighted by Crippen LogP contribution is 2.35. The molecule has 4 rings (SSSR count). The van der Waals surface area contributed by atoms with Crippen LogP contribution in [-0.4, -0.2) is 11.9 Å². The Balaban J connectivity index is 1.71. The van der Waals surface area contributed by atoms with Crippen molar-refractivity contribution < 1.29 is 23.5 Å². The zero-order valence-corrected chi connectivity index (χ0v) is 14.1. The van der Waals surface area contributed by atoms with Gasteiger partial charge in [0.05, 0.1) is 17.2 Å². The van der Waals surface area contributed by atoms with Crippen LogP contribution < -0.4 is 9.47 Å². The van der Waals surface area contributed by atoms with Crippen molar-refractivity contribution in [2.75, 3.05) is 0 Å². The number of furan rings is 1. The van der Waals surface area contributed by atoms with Gasteiger partial charge in [0.15, 0.2) is 0 Å². The Kier molecular flexibility index (Phi) is 4.41. The van der Waals surface area contributed by atoms with Crippen molar-refractivity contribution in [3.63, 3.8) is 0 Å². The van der Waals surface area contributed by atoms with Crippen molar-refractivity contribution in [2.45, 2.75) is 0 Å². The predicted molar refractivity (Wildman–Crippen MR) is 99.0 cm³/mol. The second-order valence-electron chi connectivity index (χ2n) is 5.73. The van der Waals surface area contributed by atoms with Gasteiger partial charge in [-0.05, 0) is 41.8 Å². The van der Waals surface area contributed by atoms with Gasteiger partial charge in [-0.25, -0.2) is 9.59 Å². The predicted octanol–water partition coefficient (Wildman–Crippen LogP) is 4.87. The number of esters is 2. The van der Waals surface area contributed by atoms with Crippen LogP contribution in [0.4, 0.5) is 0 Å². The molecule has 0 aliphatic rings. The molecule has 132 valence electrons. The maximum absolute atomic E-state index is 12.4. The summed E-state index contributed by atoms with van der Waals surface area (Å²) < 4.78 is 16.1. The van der Waals surface area contributed by atoms with E-state index in [4.69, 9.17) is 13.9 Å². The maximum atomic E-state index is 12.4. The summed E-state index contributed by atoms with van der Waals surface area (Å²) in [5.74, 6) is -0.438. The quantitative estimate of drug-likeness (QED) is 0.385. The monoisotopic (exact) mass is 358 g/mol. The first-order chi connectivity index (χ1) is 13.2. The van der Waals surface area contributed by atoms with Gasteiger partial charge in [0.1, 0.15) is 11.5 Å². The molecule has 0 fully saturated rings. The Morgan fingerprint density at radius 1 is 0.667 bits per heavy atom. The third-order valence-electron chi connectivity index (χ3n) is 3.97. The van der Waals surface area contributed by atoms with Crippen molar-refractivity contribution in [1.82, 2.24) is 0 Å². The van der Waals surface area contributed by atoms with Crippen LogP contribution in [0.1, 0.15) is 20.9 Å². The van der Waals surface area contributed by atoms with Gasteiger partial charge in [0, 0.05) is 0 Å². The Bertz CT molecular complexity index is 1090. The first kappa shape index (κ1) is 16.6. The molecule has 3 aromatic carbocycles. The summed E-state index contributed by atoms with van der Waals surface area (Å²) in [7, 11) is 0. The largest absolute Gasteiger partial charge is 0.457 e. The Labute approximate surface area is 154 Å². The lowest BCUT2D eigenvalue weighted by atomic mass is 10.1. The fourth-order valence-electron chi connectivity index (χ4n) is 2.72. The van der Waals surface area contributed by atoms with E-state index < -0.39 is 11.9 Å². The molecule has 0 unspecified atom stereocenters. The van der Waals surface area contributed by atoms with Gasteiger partial charge in [-0.15, -0.1) is 0 Å². The first-order valence-corrected chi connectivity index (χ1v) is 8.27. The third-order valence-corrected chi connectivity index (χ3v) is 3.97. The minimum absolute atomic E-state index is 0.0887. The lowest BCUT2D eigenvalue weighted by molar-refractivity contribution is 0.0703. The molecule has 5 heteroatoms. The molecule has 0 N–H and O–H groups in total. The van der Waals surface area contributed by atoms with E-state index in [0.29, 0.717) is 16.7 Å². The first-order valence-electron chi connectivity index (χ1n) is 8.27. The van der Waals surface area contributed by atoms with Crippen LogP contribution >= 0.6 is 0 Å². The Hall–Kier alpha value is -3.86. The summed E-state index contributed by atoms with van der Waals surface area (Å²) in [5.41, 5.74) is 0.430. The van der Waals surface area contributed by atoms with Gasteiger partial charge in [-0.1, -0.05) is 42.5 Å². The van der Waals surface area contributed by atoms with Crippen LogP contribution in [0.5, 0.6) is 11.5 Å². The van der Waals surface area contributed by atoms with Crippen LogP contribution in [0.2, 0.25) is 0 Å². The maximum Gasteiger partial charge on any atom is 0.379 e. The van der Waals surface area contributed by atoms with Crippen molar-refractivity contribution in [2.24, 2.45) is 0 Å². The van der Waals surface area contributed by atoms with Gasteiger partial charge in [-0.2, -0.15) is 0 Å². The van der Waals surface area contributed by atoms with E-state index in [1.54, 1.807) is 54.6 Å². The molecule has 5 nitrogen and oxygen atoms in total. The zero-order valence-electron chi connectivity index (χ0n) is 14.1. The summed E-state index contributed by atoms with van der Waals surface area (Å²) >= 11 is 0. The number of benzene rings is 3. The van der Waals surface area contributed by atoms with Gasteiger partial charge in [0.2, 0.25) is 5.76 Å². The van der Waals surface area contributed by atoms with Gasteiger partial charge < -0.3 is 13.9 Å². The second kappa shape index (κ2) is 7.17. The zero-order chi connectivity index (χ0) is 18.6. The van der Waals surface area contributed by atoms with Crippen LogP contribution in [-0.2, 0) is 0 Å². The summed E-state index contributed by atoms with van der Waals surface area (Å²) in [6.07, 6.45) is 1.40. The molecule has 4 aromatic rings. The molecule has 0 saturated carbocycles. The van der Waals surface area contributed by atoms with Crippen molar-refractivity contribution in [3.05, 3.63) is 96.4 Å². The second-order valence-corrected chi connectivity index (χ2v) is 5.73. The van der Waals surface area contributed by atoms with E-state index in [0.717, 1.165) is 5.39 Å². The van der Waals surface area contributed by atoms with Gasteiger partial charge in [0.25, 0.3) is 0 Å². The molecule has 27 heavy (non-hydrogen) atoms. The molecular weight excluding hydrogens is 344 g/mol. The minimum Gasteiger partial charge on any atom is -0.457 e. The summed E-state index contributed by atoms with van der Waals surface area (Å²) in [6.45, 7) is 0. The van der Waals surface area contributed by atoms with Crippen LogP contribution in [0.15, 0.2) is 89.5 Å². The topological polar surface area (TPSA) is 65.7 Å². The SMILES string of the molecule is O=C(Oc1cccc2cccc(OC(=O)c3ccco3)c12)c1ccccc1. The molecular formula is C22H14O5. The van der Waals surface area contributed by atoms with E-state index in [2.05, 4.69) is 0 Å². The molecule has 0 bridgehead atoms. The van der Waals surface area contributed by atoms with Crippen LogP contribution in [0.25, 0.3) is 10.8 Å². The van der Waals surface area contributed by atoms with Gasteiger partial charge in [-0.3, -0.25) is 0 Å². The van der Waals surface area contributed by atoms with Crippen LogP contribution in [0, 0.1) is 0 Å². The molecule has 0 saturated heterocycles. The fourth-order valence-corrected chi connectivity index (χ4v) is 2.72. The van der Waals surface area contributed by atoms with Crippen LogP contribution in [0.3, 0.4) is 0 Å². The number of ether oxygens (including phenoxy) is 2. The van der Waals surface area contributed by atoms with E-state index in [1.165, 1.54) is 12.3 Å². The number of rotatable bonds is 4. The fraction of sp³-hybridized carbons (Fsp3) is 0. The minimum atomic E-state index is -0.628. The molecule has 0 spiro atoms. The summed E-state index contributed by atoms with van der Waals surface area (Å²) in [4.78, 5) is 24.7. The molecule has 0 amide bonds.